The summed E-state index contributed by atoms with van der Waals surface area (Å²) in [6, 6.07) is -0.678. The molecule has 1 aromatic heterocycles. The number of aromatic nitrogens is 3. The molecule has 1 aromatic rings. The first-order valence-corrected chi connectivity index (χ1v) is 11.2. The number of unbranched alkanes of at least 4 members (excludes halogenated alkanes) is 1. The number of amidine groups is 1. The molecule has 1 fully saturated rings. The van der Waals surface area contributed by atoms with Crippen LogP contribution in [-0.4, -0.2) is 88.7 Å². The molecule has 2 unspecified atom stereocenters. The number of aromatic amines is 1. The molecule has 3 rings (SSSR count). The van der Waals surface area contributed by atoms with Gasteiger partial charge in [-0.25, -0.2) is 14.2 Å². The van der Waals surface area contributed by atoms with Crippen molar-refractivity contribution in [2.24, 2.45) is 4.99 Å². The van der Waals surface area contributed by atoms with Crippen LogP contribution in [0.5, 0.6) is 0 Å². The van der Waals surface area contributed by atoms with E-state index in [2.05, 4.69) is 42.9 Å². The van der Waals surface area contributed by atoms with Crippen LogP contribution in [0.15, 0.2) is 29.0 Å². The molecule has 0 bridgehead atoms. The fourth-order valence-electron chi connectivity index (χ4n) is 3.64. The summed E-state index contributed by atoms with van der Waals surface area (Å²) in [6.45, 7) is 9.51. The maximum Gasteiger partial charge on any atom is 0.323 e. The number of carbonyl (C=O) groups excluding carboxylic acids is 1. The van der Waals surface area contributed by atoms with E-state index in [1.54, 1.807) is 24.1 Å². The number of halogens is 1. The number of H-pyrrole nitrogens is 1. The highest BCUT2D eigenvalue weighted by Crippen LogP contribution is 2.18. The normalized spacial score (nSPS) is 26.4. The lowest BCUT2D eigenvalue weighted by molar-refractivity contribution is 0.0145. The van der Waals surface area contributed by atoms with Crippen LogP contribution in [0.4, 0.5) is 15.0 Å². The van der Waals surface area contributed by atoms with Crippen LogP contribution in [0.3, 0.4) is 0 Å². The SMILES string of the molecule is CCCCN(CC)C(=O)Nc1n[nH]nc1/C1=N/C(C)=C/C(F)C(N2CCOCC2)/C=C/N1. The van der Waals surface area contributed by atoms with Gasteiger partial charge in [0.05, 0.1) is 19.3 Å². The van der Waals surface area contributed by atoms with Gasteiger partial charge < -0.3 is 15.0 Å². The van der Waals surface area contributed by atoms with Crippen molar-refractivity contribution in [1.82, 2.24) is 30.5 Å². The molecule has 0 aromatic carbocycles. The summed E-state index contributed by atoms with van der Waals surface area (Å²) < 4.78 is 20.4. The summed E-state index contributed by atoms with van der Waals surface area (Å²) in [4.78, 5) is 20.9. The molecule has 0 saturated carbocycles. The van der Waals surface area contributed by atoms with Crippen molar-refractivity contribution in [3.63, 3.8) is 0 Å². The van der Waals surface area contributed by atoms with E-state index in [0.29, 0.717) is 56.6 Å². The Morgan fingerprint density at radius 1 is 1.34 bits per heavy atom. The number of hydrogen-bond donors (Lipinski definition) is 3. The van der Waals surface area contributed by atoms with E-state index in [-0.39, 0.29) is 11.8 Å². The van der Waals surface area contributed by atoms with Gasteiger partial charge in [-0.05, 0) is 32.4 Å². The lowest BCUT2D eigenvalue weighted by Crippen LogP contribution is -2.46. The largest absolute Gasteiger partial charge is 0.379 e. The van der Waals surface area contributed by atoms with Gasteiger partial charge in [-0.2, -0.15) is 10.3 Å². The zero-order chi connectivity index (χ0) is 22.9. The van der Waals surface area contributed by atoms with Crippen LogP contribution in [0.2, 0.25) is 0 Å². The smallest absolute Gasteiger partial charge is 0.323 e. The minimum absolute atomic E-state index is 0.251. The third-order valence-electron chi connectivity index (χ3n) is 5.44. The molecule has 2 atom stereocenters. The van der Waals surface area contributed by atoms with Crippen LogP contribution in [0.25, 0.3) is 0 Å². The molecule has 0 aliphatic carbocycles. The number of nitrogens with zero attached hydrogens (tertiary/aromatic N) is 5. The van der Waals surface area contributed by atoms with E-state index in [1.165, 1.54) is 6.08 Å². The molecule has 32 heavy (non-hydrogen) atoms. The van der Waals surface area contributed by atoms with Gasteiger partial charge in [0, 0.05) is 38.1 Å². The van der Waals surface area contributed by atoms with Gasteiger partial charge in [0.25, 0.3) is 0 Å². The van der Waals surface area contributed by atoms with E-state index in [1.807, 2.05) is 6.92 Å². The molecule has 0 spiro atoms. The standard InChI is InChI=1S/C21H33FN8O2/c1-4-6-9-29(5-2)21(31)25-20-18(26-28-27-20)19-23-8-7-17(16(22)14-15(3)24-19)30-10-12-32-13-11-30/h7-8,14,16-17H,4-6,9-13H2,1-3H3,(H,23,24)(H2,25,26,27,28,31)/b8-7+,15-14+. The van der Waals surface area contributed by atoms with Crippen molar-refractivity contribution >= 4 is 17.7 Å². The molecule has 0 radical (unpaired) electrons. The monoisotopic (exact) mass is 448 g/mol. The maximum absolute atomic E-state index is 15.1. The predicted molar refractivity (Wildman–Crippen MR) is 121 cm³/mol. The van der Waals surface area contributed by atoms with E-state index in [0.717, 1.165) is 12.8 Å². The molecule has 1 saturated heterocycles. The number of urea groups is 1. The van der Waals surface area contributed by atoms with Gasteiger partial charge >= 0.3 is 6.03 Å². The van der Waals surface area contributed by atoms with Crippen molar-refractivity contribution in [3.05, 3.63) is 29.7 Å². The van der Waals surface area contributed by atoms with Crippen molar-refractivity contribution < 1.29 is 13.9 Å². The van der Waals surface area contributed by atoms with Crippen LogP contribution >= 0.6 is 0 Å². The van der Waals surface area contributed by atoms with Crippen molar-refractivity contribution in [3.8, 4) is 0 Å². The number of amides is 2. The van der Waals surface area contributed by atoms with Crippen LogP contribution < -0.4 is 10.6 Å². The van der Waals surface area contributed by atoms with Gasteiger partial charge in [-0.1, -0.05) is 13.3 Å². The fourth-order valence-corrected chi connectivity index (χ4v) is 3.64. The molecular weight excluding hydrogens is 415 g/mol. The number of carbonyl (C=O) groups is 1. The Hall–Kier alpha value is -2.79. The summed E-state index contributed by atoms with van der Waals surface area (Å²) in [6.07, 6.45) is 5.64. The first-order chi connectivity index (χ1) is 15.5. The summed E-state index contributed by atoms with van der Waals surface area (Å²) >= 11 is 0. The molecule has 3 N–H and O–H groups in total. The summed E-state index contributed by atoms with van der Waals surface area (Å²) in [5.41, 5.74) is 0.850. The average Bonchev–Trinajstić information content (AvgIpc) is 3.26. The second-order valence-electron chi connectivity index (χ2n) is 7.74. The molecule has 2 amide bonds. The zero-order valence-electron chi connectivity index (χ0n) is 19.0. The number of morpholine rings is 1. The summed E-state index contributed by atoms with van der Waals surface area (Å²) in [5.74, 6) is 0.628. The maximum atomic E-state index is 15.1. The average molecular weight is 449 g/mol. The van der Waals surface area contributed by atoms with Crippen LogP contribution in [0, 0.1) is 0 Å². The second-order valence-corrected chi connectivity index (χ2v) is 7.74. The Bertz CT molecular complexity index is 847. The molecule has 10 nitrogen and oxygen atoms in total. The lowest BCUT2D eigenvalue weighted by Gasteiger charge is -2.33. The Kier molecular flexibility index (Phi) is 8.74. The van der Waals surface area contributed by atoms with E-state index in [4.69, 9.17) is 4.74 Å². The topological polar surface area (TPSA) is 111 Å². The van der Waals surface area contributed by atoms with Gasteiger partial charge in [-0.15, -0.1) is 5.10 Å². The molecule has 2 aliphatic rings. The summed E-state index contributed by atoms with van der Waals surface area (Å²) in [7, 11) is 0. The third-order valence-corrected chi connectivity index (χ3v) is 5.44. The zero-order valence-corrected chi connectivity index (χ0v) is 19.0. The minimum atomic E-state index is -1.22. The van der Waals surface area contributed by atoms with E-state index >= 15 is 4.39 Å². The molecular formula is C21H33FN8O2. The van der Waals surface area contributed by atoms with Gasteiger partial charge in [0.2, 0.25) is 0 Å². The molecule has 11 heteroatoms. The van der Waals surface area contributed by atoms with Crippen molar-refractivity contribution in [2.75, 3.05) is 44.7 Å². The van der Waals surface area contributed by atoms with Gasteiger partial charge in [0.15, 0.2) is 17.3 Å². The number of nitrogens with one attached hydrogen (secondary N) is 3. The number of alkyl halides is 1. The molecule has 176 valence electrons. The predicted octanol–water partition coefficient (Wildman–Crippen LogP) is 2.26. The lowest BCUT2D eigenvalue weighted by atomic mass is 10.1. The Balaban J connectivity index is 1.78. The van der Waals surface area contributed by atoms with Crippen molar-refractivity contribution in [1.29, 1.82) is 0 Å². The first kappa shape index (κ1) is 23.9. The number of ether oxygens (including phenoxy) is 1. The quantitative estimate of drug-likeness (QED) is 0.590. The Morgan fingerprint density at radius 2 is 2.12 bits per heavy atom. The van der Waals surface area contributed by atoms with E-state index < -0.39 is 12.2 Å². The minimum Gasteiger partial charge on any atom is -0.379 e. The second kappa shape index (κ2) is 11.7. The Labute approximate surface area is 188 Å². The number of anilines is 1. The fraction of sp³-hybridized carbons (Fsp3) is 0.619. The van der Waals surface area contributed by atoms with E-state index in [9.17, 15) is 4.79 Å². The number of aliphatic imine (C=N–C) groups is 1. The number of allylic oxidation sites excluding steroid dienone is 1. The molecule has 3 heterocycles. The highest BCUT2D eigenvalue weighted by Gasteiger charge is 2.27. The van der Waals surface area contributed by atoms with Gasteiger partial charge in [-0.3, -0.25) is 10.2 Å². The first-order valence-electron chi connectivity index (χ1n) is 11.2. The summed E-state index contributed by atoms with van der Waals surface area (Å²) in [5, 5.41) is 16.7. The highest BCUT2D eigenvalue weighted by molar-refractivity contribution is 6.04. The van der Waals surface area contributed by atoms with Gasteiger partial charge in [0.1, 0.15) is 6.17 Å². The Morgan fingerprint density at radius 3 is 2.84 bits per heavy atom. The number of hydrogen-bond acceptors (Lipinski definition) is 7. The third kappa shape index (κ3) is 6.13. The molecule has 2 aliphatic heterocycles. The van der Waals surface area contributed by atoms with Crippen LogP contribution in [-0.2, 0) is 4.74 Å². The number of rotatable bonds is 7. The van der Waals surface area contributed by atoms with Crippen molar-refractivity contribution in [2.45, 2.75) is 45.8 Å². The van der Waals surface area contributed by atoms with Crippen LogP contribution in [0.1, 0.15) is 39.3 Å². The highest BCUT2D eigenvalue weighted by atomic mass is 19.1.